The van der Waals surface area contributed by atoms with E-state index in [2.05, 4.69) is 17.2 Å². The molecule has 0 bridgehead atoms. The molecule has 19 heavy (non-hydrogen) atoms. The van der Waals surface area contributed by atoms with Gasteiger partial charge in [-0.3, -0.25) is 9.78 Å². The third-order valence-electron chi connectivity index (χ3n) is 3.87. The normalized spacial score (nSPS) is 26.9. The SMILES string of the molecule is CC1CCCC(CO)(NC(=O)Cc2ccccn2)C1. The number of nitrogens with zero attached hydrogens (tertiary/aromatic N) is 1. The molecule has 1 heterocycles. The lowest BCUT2D eigenvalue weighted by molar-refractivity contribution is -0.123. The summed E-state index contributed by atoms with van der Waals surface area (Å²) in [4.78, 5) is 16.2. The molecular formula is C15H22N2O2. The molecule has 0 saturated heterocycles. The summed E-state index contributed by atoms with van der Waals surface area (Å²) >= 11 is 0. The number of carbonyl (C=O) groups is 1. The van der Waals surface area contributed by atoms with Crippen LogP contribution in [0.1, 0.15) is 38.3 Å². The standard InChI is InChI=1S/C15H22N2O2/c1-12-5-4-7-15(10-12,11-18)17-14(19)9-13-6-2-3-8-16-13/h2-3,6,8,12,18H,4-5,7,9-11H2,1H3,(H,17,19). The van der Waals surface area contributed by atoms with Crippen molar-refractivity contribution in [3.8, 4) is 0 Å². The Morgan fingerprint density at radius 3 is 3.05 bits per heavy atom. The first kappa shape index (κ1) is 14.0. The Morgan fingerprint density at radius 2 is 2.42 bits per heavy atom. The Kier molecular flexibility index (Phi) is 4.53. The van der Waals surface area contributed by atoms with Crippen LogP contribution in [0.4, 0.5) is 0 Å². The zero-order chi connectivity index (χ0) is 13.7. The highest BCUT2D eigenvalue weighted by atomic mass is 16.3. The highest BCUT2D eigenvalue weighted by Crippen LogP contribution is 2.31. The van der Waals surface area contributed by atoms with Gasteiger partial charge >= 0.3 is 0 Å². The van der Waals surface area contributed by atoms with Crippen molar-refractivity contribution in [2.75, 3.05) is 6.61 Å². The van der Waals surface area contributed by atoms with Gasteiger partial charge in [0.25, 0.3) is 0 Å². The van der Waals surface area contributed by atoms with E-state index in [1.807, 2.05) is 18.2 Å². The van der Waals surface area contributed by atoms with Crippen molar-refractivity contribution in [1.82, 2.24) is 10.3 Å². The third kappa shape index (κ3) is 3.77. The van der Waals surface area contributed by atoms with Gasteiger partial charge in [0.1, 0.15) is 0 Å². The van der Waals surface area contributed by atoms with Gasteiger partial charge in [-0.2, -0.15) is 0 Å². The van der Waals surface area contributed by atoms with Crippen molar-refractivity contribution in [3.63, 3.8) is 0 Å². The summed E-state index contributed by atoms with van der Waals surface area (Å²) in [5, 5.41) is 12.7. The van der Waals surface area contributed by atoms with Crippen LogP contribution in [-0.4, -0.2) is 28.1 Å². The molecule has 1 saturated carbocycles. The van der Waals surface area contributed by atoms with E-state index >= 15 is 0 Å². The van der Waals surface area contributed by atoms with Crippen LogP contribution in [-0.2, 0) is 11.2 Å². The molecule has 0 aliphatic heterocycles. The van der Waals surface area contributed by atoms with E-state index < -0.39 is 5.54 Å². The summed E-state index contributed by atoms with van der Waals surface area (Å²) < 4.78 is 0. The van der Waals surface area contributed by atoms with E-state index in [4.69, 9.17) is 0 Å². The fraction of sp³-hybridized carbons (Fsp3) is 0.600. The maximum atomic E-state index is 12.1. The van der Waals surface area contributed by atoms with Crippen molar-refractivity contribution >= 4 is 5.91 Å². The van der Waals surface area contributed by atoms with E-state index in [9.17, 15) is 9.90 Å². The Labute approximate surface area is 114 Å². The number of amides is 1. The zero-order valence-corrected chi connectivity index (χ0v) is 11.4. The van der Waals surface area contributed by atoms with Crippen molar-refractivity contribution in [2.24, 2.45) is 5.92 Å². The third-order valence-corrected chi connectivity index (χ3v) is 3.87. The second kappa shape index (κ2) is 6.15. The Morgan fingerprint density at radius 1 is 1.58 bits per heavy atom. The van der Waals surface area contributed by atoms with Crippen molar-refractivity contribution < 1.29 is 9.90 Å². The minimum atomic E-state index is -0.427. The molecule has 1 aromatic heterocycles. The van der Waals surface area contributed by atoms with E-state index in [1.165, 1.54) is 6.42 Å². The van der Waals surface area contributed by atoms with E-state index in [1.54, 1.807) is 6.20 Å². The molecule has 2 rings (SSSR count). The number of hydrogen-bond acceptors (Lipinski definition) is 3. The number of aliphatic hydroxyl groups is 1. The topological polar surface area (TPSA) is 62.2 Å². The number of aromatic nitrogens is 1. The van der Waals surface area contributed by atoms with Crippen LogP contribution in [0.5, 0.6) is 0 Å². The van der Waals surface area contributed by atoms with Gasteiger partial charge in [0.05, 0.1) is 18.6 Å². The number of rotatable bonds is 4. The smallest absolute Gasteiger partial charge is 0.226 e. The highest BCUT2D eigenvalue weighted by molar-refractivity contribution is 5.79. The first-order valence-electron chi connectivity index (χ1n) is 6.95. The van der Waals surface area contributed by atoms with Crippen molar-refractivity contribution in [2.45, 2.75) is 44.6 Å². The van der Waals surface area contributed by atoms with Crippen LogP contribution < -0.4 is 5.32 Å². The van der Waals surface area contributed by atoms with Gasteiger partial charge in [-0.1, -0.05) is 25.8 Å². The molecule has 0 spiro atoms. The number of hydrogen-bond donors (Lipinski definition) is 2. The lowest BCUT2D eigenvalue weighted by Crippen LogP contribution is -2.54. The van der Waals surface area contributed by atoms with Crippen molar-refractivity contribution in [1.29, 1.82) is 0 Å². The fourth-order valence-electron chi connectivity index (χ4n) is 2.96. The van der Waals surface area contributed by atoms with Gasteiger partial charge in [0.2, 0.25) is 5.91 Å². The quantitative estimate of drug-likeness (QED) is 0.868. The van der Waals surface area contributed by atoms with E-state index in [-0.39, 0.29) is 18.9 Å². The van der Waals surface area contributed by atoms with Crippen LogP contribution in [0.2, 0.25) is 0 Å². The van der Waals surface area contributed by atoms with Gasteiger partial charge in [0.15, 0.2) is 0 Å². The Hall–Kier alpha value is -1.42. The summed E-state index contributed by atoms with van der Waals surface area (Å²) in [5.41, 5.74) is 0.334. The molecule has 4 heteroatoms. The molecule has 1 aromatic rings. The lowest BCUT2D eigenvalue weighted by Gasteiger charge is -2.39. The molecule has 1 fully saturated rings. The van der Waals surface area contributed by atoms with Gasteiger partial charge < -0.3 is 10.4 Å². The molecule has 0 radical (unpaired) electrons. The highest BCUT2D eigenvalue weighted by Gasteiger charge is 2.35. The molecule has 4 nitrogen and oxygen atoms in total. The Balaban J connectivity index is 1.96. The average Bonchev–Trinajstić information content (AvgIpc) is 2.39. The summed E-state index contributed by atoms with van der Waals surface area (Å²) in [5.74, 6) is 0.498. The molecule has 2 unspecified atom stereocenters. The van der Waals surface area contributed by atoms with Crippen LogP contribution in [0.25, 0.3) is 0 Å². The van der Waals surface area contributed by atoms with Gasteiger partial charge in [-0.05, 0) is 30.9 Å². The van der Waals surface area contributed by atoms with Gasteiger partial charge in [-0.15, -0.1) is 0 Å². The second-order valence-corrected chi connectivity index (χ2v) is 5.69. The first-order valence-corrected chi connectivity index (χ1v) is 6.95. The Bertz CT molecular complexity index is 421. The second-order valence-electron chi connectivity index (χ2n) is 5.69. The van der Waals surface area contributed by atoms with Crippen LogP contribution >= 0.6 is 0 Å². The predicted octanol–water partition coefficient (Wildman–Crippen LogP) is 1.68. The van der Waals surface area contributed by atoms with Crippen LogP contribution in [0.3, 0.4) is 0 Å². The molecule has 0 aromatic carbocycles. The number of nitrogens with one attached hydrogen (secondary N) is 1. The first-order chi connectivity index (χ1) is 9.13. The molecular weight excluding hydrogens is 240 g/mol. The maximum Gasteiger partial charge on any atom is 0.226 e. The minimum absolute atomic E-state index is 0.0191. The number of pyridine rings is 1. The van der Waals surface area contributed by atoms with E-state index in [0.717, 1.165) is 25.0 Å². The van der Waals surface area contributed by atoms with Gasteiger partial charge in [-0.25, -0.2) is 0 Å². The van der Waals surface area contributed by atoms with E-state index in [0.29, 0.717) is 5.92 Å². The maximum absolute atomic E-state index is 12.1. The molecule has 2 atom stereocenters. The molecule has 104 valence electrons. The summed E-state index contributed by atoms with van der Waals surface area (Å²) in [6, 6.07) is 5.55. The molecule has 2 N–H and O–H groups in total. The molecule has 1 aliphatic rings. The number of carbonyl (C=O) groups excluding carboxylic acids is 1. The minimum Gasteiger partial charge on any atom is -0.394 e. The lowest BCUT2D eigenvalue weighted by atomic mass is 9.76. The summed E-state index contributed by atoms with van der Waals surface area (Å²) in [6.45, 7) is 2.19. The summed E-state index contributed by atoms with van der Waals surface area (Å²) in [7, 11) is 0. The van der Waals surface area contributed by atoms with Crippen LogP contribution in [0, 0.1) is 5.92 Å². The van der Waals surface area contributed by atoms with Crippen molar-refractivity contribution in [3.05, 3.63) is 30.1 Å². The van der Waals surface area contributed by atoms with Crippen LogP contribution in [0.15, 0.2) is 24.4 Å². The molecule has 1 aliphatic carbocycles. The zero-order valence-electron chi connectivity index (χ0n) is 11.4. The summed E-state index contributed by atoms with van der Waals surface area (Å²) in [6.07, 6.45) is 5.92. The number of aliphatic hydroxyl groups excluding tert-OH is 1. The average molecular weight is 262 g/mol. The molecule has 1 amide bonds. The largest absolute Gasteiger partial charge is 0.394 e. The fourth-order valence-corrected chi connectivity index (χ4v) is 2.96. The predicted molar refractivity (Wildman–Crippen MR) is 73.5 cm³/mol. The van der Waals surface area contributed by atoms with Gasteiger partial charge in [0, 0.05) is 11.9 Å². The monoisotopic (exact) mass is 262 g/mol.